The zero-order valence-electron chi connectivity index (χ0n) is 21.4. The normalized spacial score (nSPS) is 14.1. The zero-order valence-corrected chi connectivity index (χ0v) is 21.4. The molecule has 41 heavy (non-hydrogen) atoms. The maximum absolute atomic E-state index is 15.0. The van der Waals surface area contributed by atoms with Crippen LogP contribution in [0.4, 0.5) is 39.1 Å². The van der Waals surface area contributed by atoms with E-state index in [1.54, 1.807) is 0 Å². The molecule has 0 radical (unpaired) electrons. The topological polar surface area (TPSA) is 120 Å². The van der Waals surface area contributed by atoms with E-state index in [0.29, 0.717) is 11.9 Å². The van der Waals surface area contributed by atoms with Gasteiger partial charge in [0.05, 0.1) is 11.8 Å². The predicted octanol–water partition coefficient (Wildman–Crippen LogP) is 6.33. The molecular formula is C27H24F5N7O2. The minimum absolute atomic E-state index is 0.153. The Morgan fingerprint density at radius 3 is 2.49 bits per heavy atom. The van der Waals surface area contributed by atoms with E-state index >= 15 is 4.39 Å². The lowest BCUT2D eigenvalue weighted by Crippen LogP contribution is -2.23. The smallest absolute Gasteiger partial charge is 0.434 e. The highest BCUT2D eigenvalue weighted by atomic mass is 19.4. The Labute approximate surface area is 230 Å². The van der Waals surface area contributed by atoms with Crippen LogP contribution in [0.15, 0.2) is 55.0 Å². The minimum Gasteiger partial charge on any atom is -0.452 e. The van der Waals surface area contributed by atoms with E-state index in [0.717, 1.165) is 50.4 Å². The third-order valence-corrected chi connectivity index (χ3v) is 6.53. The Hall–Kier alpha value is -4.75. The highest BCUT2D eigenvalue weighted by molar-refractivity contribution is 6.05. The van der Waals surface area contributed by atoms with Crippen molar-refractivity contribution in [2.45, 2.75) is 44.3 Å². The quantitative estimate of drug-likeness (QED) is 0.221. The lowest BCUT2D eigenvalue weighted by molar-refractivity contribution is -0.143. The first kappa shape index (κ1) is 27.8. The Morgan fingerprint density at radius 2 is 1.78 bits per heavy atom. The summed E-state index contributed by atoms with van der Waals surface area (Å²) in [6.07, 6.45) is 3.23. The minimum atomic E-state index is -5.09. The maximum Gasteiger partial charge on any atom is 0.434 e. The first-order chi connectivity index (χ1) is 19.6. The molecule has 0 spiro atoms. The molecule has 0 atom stereocenters. The van der Waals surface area contributed by atoms with Crippen molar-refractivity contribution < 1.29 is 31.5 Å². The van der Waals surface area contributed by atoms with E-state index in [9.17, 15) is 22.4 Å². The summed E-state index contributed by atoms with van der Waals surface area (Å²) in [4.78, 5) is 20.5. The number of halogens is 5. The van der Waals surface area contributed by atoms with Gasteiger partial charge in [0.1, 0.15) is 5.69 Å². The van der Waals surface area contributed by atoms with Crippen LogP contribution in [0.25, 0.3) is 5.82 Å². The van der Waals surface area contributed by atoms with Gasteiger partial charge in [-0.25, -0.2) is 23.4 Å². The standard InChI is InChI=1S/C27H24F5N7O2/c28-18-7-4-11-35-25(18)39-23(27(30,31)32)17(14-36-39)26(40)38-16-8-9-20(19(29)13-16)41-21-10-12-34-24(33)22(21)37-15-5-2-1-3-6-15/h4,7-15,37H,1-3,5-6H2,(H2,33,34)(H,38,40). The molecule has 14 heteroatoms. The van der Waals surface area contributed by atoms with Gasteiger partial charge in [0, 0.05) is 36.3 Å². The van der Waals surface area contributed by atoms with Gasteiger partial charge >= 0.3 is 6.18 Å². The maximum atomic E-state index is 15.0. The van der Waals surface area contributed by atoms with Crippen LogP contribution in [-0.4, -0.2) is 31.7 Å². The van der Waals surface area contributed by atoms with Crippen molar-refractivity contribution in [3.63, 3.8) is 0 Å². The summed E-state index contributed by atoms with van der Waals surface area (Å²) in [6, 6.07) is 7.16. The number of amides is 1. The second-order valence-electron chi connectivity index (χ2n) is 9.38. The van der Waals surface area contributed by atoms with Crippen LogP contribution in [0, 0.1) is 11.6 Å². The van der Waals surface area contributed by atoms with E-state index < -0.39 is 40.8 Å². The monoisotopic (exact) mass is 573 g/mol. The molecule has 3 heterocycles. The van der Waals surface area contributed by atoms with Gasteiger partial charge in [-0.05, 0) is 37.1 Å². The van der Waals surface area contributed by atoms with Gasteiger partial charge in [-0.3, -0.25) is 4.79 Å². The van der Waals surface area contributed by atoms with Gasteiger partial charge in [0.15, 0.2) is 40.5 Å². The highest BCUT2D eigenvalue weighted by Crippen LogP contribution is 2.37. The number of hydrogen-bond donors (Lipinski definition) is 3. The van der Waals surface area contributed by atoms with Crippen molar-refractivity contribution in [3.8, 4) is 17.3 Å². The number of ether oxygens (including phenoxy) is 1. The molecule has 214 valence electrons. The van der Waals surface area contributed by atoms with Gasteiger partial charge < -0.3 is 21.1 Å². The number of rotatable bonds is 7. The van der Waals surface area contributed by atoms with Crippen LogP contribution in [-0.2, 0) is 6.18 Å². The van der Waals surface area contributed by atoms with Gasteiger partial charge in [0.2, 0.25) is 0 Å². The summed E-state index contributed by atoms with van der Waals surface area (Å²) in [5.74, 6) is -3.74. The lowest BCUT2D eigenvalue weighted by atomic mass is 9.95. The van der Waals surface area contributed by atoms with Crippen molar-refractivity contribution >= 4 is 23.1 Å². The summed E-state index contributed by atoms with van der Waals surface area (Å²) in [5.41, 5.74) is 3.87. The van der Waals surface area contributed by atoms with Crippen molar-refractivity contribution in [2.75, 3.05) is 16.4 Å². The molecule has 4 N–H and O–H groups in total. The van der Waals surface area contributed by atoms with Crippen LogP contribution in [0.5, 0.6) is 11.5 Å². The predicted molar refractivity (Wildman–Crippen MR) is 140 cm³/mol. The van der Waals surface area contributed by atoms with E-state index in [-0.39, 0.29) is 33.7 Å². The Kier molecular flexibility index (Phi) is 7.72. The summed E-state index contributed by atoms with van der Waals surface area (Å²) >= 11 is 0. The number of alkyl halides is 3. The average Bonchev–Trinajstić information content (AvgIpc) is 3.39. The van der Waals surface area contributed by atoms with Crippen LogP contribution in [0.3, 0.4) is 0 Å². The van der Waals surface area contributed by atoms with E-state index in [1.807, 2.05) is 0 Å². The molecular weight excluding hydrogens is 549 g/mol. The number of nitrogen functional groups attached to an aromatic ring is 1. The van der Waals surface area contributed by atoms with E-state index in [1.165, 1.54) is 30.5 Å². The van der Waals surface area contributed by atoms with Crippen molar-refractivity contribution in [3.05, 3.63) is 77.9 Å². The fraction of sp³-hybridized carbons (Fsp3) is 0.259. The Balaban J connectivity index is 1.36. The van der Waals surface area contributed by atoms with Crippen LogP contribution in [0.2, 0.25) is 0 Å². The SMILES string of the molecule is Nc1nccc(Oc2ccc(NC(=O)c3cnn(-c4ncccc4F)c3C(F)(F)F)cc2F)c1NC1CCCCC1. The Bertz CT molecular complexity index is 1570. The van der Waals surface area contributed by atoms with Gasteiger partial charge in [-0.15, -0.1) is 0 Å². The molecule has 1 amide bonds. The largest absolute Gasteiger partial charge is 0.452 e. The number of anilines is 3. The molecule has 1 aromatic carbocycles. The number of benzene rings is 1. The van der Waals surface area contributed by atoms with Crippen molar-refractivity contribution in [1.29, 1.82) is 0 Å². The number of nitrogens with zero attached hydrogens (tertiary/aromatic N) is 4. The van der Waals surface area contributed by atoms with Gasteiger partial charge in [0.25, 0.3) is 5.91 Å². The van der Waals surface area contributed by atoms with Gasteiger partial charge in [-0.2, -0.15) is 18.3 Å². The van der Waals surface area contributed by atoms with Crippen LogP contribution < -0.4 is 21.1 Å². The molecule has 0 unspecified atom stereocenters. The second-order valence-corrected chi connectivity index (χ2v) is 9.38. The van der Waals surface area contributed by atoms with Crippen LogP contribution in [0.1, 0.15) is 48.2 Å². The molecule has 0 bridgehead atoms. The van der Waals surface area contributed by atoms with Crippen LogP contribution >= 0.6 is 0 Å². The molecule has 1 aliphatic rings. The number of carbonyl (C=O) groups is 1. The fourth-order valence-electron chi connectivity index (χ4n) is 4.60. The van der Waals surface area contributed by atoms with Crippen molar-refractivity contribution in [2.24, 2.45) is 0 Å². The number of nitrogens with two attached hydrogens (primary N) is 1. The first-order valence-electron chi connectivity index (χ1n) is 12.7. The molecule has 0 aliphatic heterocycles. The number of aromatic nitrogens is 4. The molecule has 4 aromatic rings. The Morgan fingerprint density at radius 1 is 1.00 bits per heavy atom. The van der Waals surface area contributed by atoms with Crippen molar-refractivity contribution in [1.82, 2.24) is 19.7 Å². The molecule has 5 rings (SSSR count). The molecule has 1 aliphatic carbocycles. The molecule has 3 aromatic heterocycles. The summed E-state index contributed by atoms with van der Waals surface area (Å²) < 4.78 is 76.8. The number of nitrogens with one attached hydrogen (secondary N) is 2. The summed E-state index contributed by atoms with van der Waals surface area (Å²) in [6.45, 7) is 0. The molecule has 1 fully saturated rings. The average molecular weight is 574 g/mol. The molecule has 1 saturated carbocycles. The fourth-order valence-corrected chi connectivity index (χ4v) is 4.60. The third-order valence-electron chi connectivity index (χ3n) is 6.53. The lowest BCUT2D eigenvalue weighted by Gasteiger charge is -2.25. The van der Waals surface area contributed by atoms with Gasteiger partial charge in [-0.1, -0.05) is 19.3 Å². The summed E-state index contributed by atoms with van der Waals surface area (Å²) in [5, 5.41) is 9.07. The van der Waals surface area contributed by atoms with E-state index in [4.69, 9.17) is 10.5 Å². The zero-order chi connectivity index (χ0) is 29.1. The second kappa shape index (κ2) is 11.4. The number of pyridine rings is 2. The molecule has 9 nitrogen and oxygen atoms in total. The molecule has 0 saturated heterocycles. The summed E-state index contributed by atoms with van der Waals surface area (Å²) in [7, 11) is 0. The highest BCUT2D eigenvalue weighted by Gasteiger charge is 2.41. The third kappa shape index (κ3) is 6.05. The van der Waals surface area contributed by atoms with E-state index in [2.05, 4.69) is 25.7 Å². The first-order valence-corrected chi connectivity index (χ1v) is 12.7. The number of hydrogen-bond acceptors (Lipinski definition) is 7. The number of carbonyl (C=O) groups excluding carboxylic acids is 1.